The number of thioether (sulfide) groups is 1. The van der Waals surface area contributed by atoms with E-state index in [0.29, 0.717) is 10.9 Å². The second kappa shape index (κ2) is 7.94. The number of rotatable bonds is 5. The van der Waals surface area contributed by atoms with Crippen molar-refractivity contribution >= 4 is 11.8 Å². The van der Waals surface area contributed by atoms with Gasteiger partial charge in [0.25, 0.3) is 0 Å². The number of alkyl halides is 3. The van der Waals surface area contributed by atoms with Gasteiger partial charge in [-0.1, -0.05) is 46.7 Å². The van der Waals surface area contributed by atoms with Crippen LogP contribution in [0.5, 0.6) is 0 Å². The maximum atomic E-state index is 12.9. The van der Waals surface area contributed by atoms with Crippen molar-refractivity contribution in [1.29, 1.82) is 0 Å². The van der Waals surface area contributed by atoms with Gasteiger partial charge >= 0.3 is 6.18 Å². The molecule has 6 nitrogen and oxygen atoms in total. The molecule has 0 saturated heterocycles. The smallest absolute Gasteiger partial charge is 0.338 e. The molecular weight excluding hydrogens is 415 g/mol. The van der Waals surface area contributed by atoms with Crippen molar-refractivity contribution in [1.82, 2.24) is 24.9 Å². The number of halogens is 3. The van der Waals surface area contributed by atoms with Gasteiger partial charge in [0.05, 0.1) is 11.3 Å². The van der Waals surface area contributed by atoms with Gasteiger partial charge in [0.15, 0.2) is 5.16 Å². The van der Waals surface area contributed by atoms with E-state index < -0.39 is 11.7 Å². The van der Waals surface area contributed by atoms with Gasteiger partial charge in [-0.25, -0.2) is 0 Å². The van der Waals surface area contributed by atoms with E-state index in [9.17, 15) is 13.2 Å². The summed E-state index contributed by atoms with van der Waals surface area (Å²) in [6.07, 6.45) is -4.43. The molecule has 0 fully saturated rings. The Balaban J connectivity index is 1.52. The number of aromatic nitrogens is 5. The summed E-state index contributed by atoms with van der Waals surface area (Å²) in [5, 5.41) is 12.8. The maximum Gasteiger partial charge on any atom is 0.416 e. The Hall–Kier alpha value is -3.14. The van der Waals surface area contributed by atoms with Crippen LogP contribution in [0.25, 0.3) is 17.1 Å². The first-order valence-electron chi connectivity index (χ1n) is 8.93. The fourth-order valence-electron chi connectivity index (χ4n) is 2.82. The molecule has 30 heavy (non-hydrogen) atoms. The molecule has 10 heteroatoms. The molecule has 0 saturated carbocycles. The number of hydrogen-bond acceptors (Lipinski definition) is 6. The van der Waals surface area contributed by atoms with Crippen molar-refractivity contribution < 1.29 is 17.7 Å². The summed E-state index contributed by atoms with van der Waals surface area (Å²) in [4.78, 5) is 4.22. The maximum absolute atomic E-state index is 12.9. The van der Waals surface area contributed by atoms with Crippen LogP contribution in [0, 0.1) is 13.8 Å². The van der Waals surface area contributed by atoms with Gasteiger partial charge in [0, 0.05) is 11.3 Å². The second-order valence-electron chi connectivity index (χ2n) is 6.58. The van der Waals surface area contributed by atoms with Crippen LogP contribution in [0.4, 0.5) is 13.2 Å². The zero-order chi connectivity index (χ0) is 21.3. The van der Waals surface area contributed by atoms with Crippen LogP contribution < -0.4 is 0 Å². The highest BCUT2D eigenvalue weighted by Gasteiger charge is 2.30. The first-order chi connectivity index (χ1) is 14.3. The monoisotopic (exact) mass is 431 g/mol. The van der Waals surface area contributed by atoms with Crippen molar-refractivity contribution in [2.24, 2.45) is 0 Å². The molecular formula is C20H16F3N5OS. The van der Waals surface area contributed by atoms with E-state index in [1.807, 2.05) is 42.7 Å². The summed E-state index contributed by atoms with van der Waals surface area (Å²) >= 11 is 1.35. The van der Waals surface area contributed by atoms with Crippen LogP contribution >= 0.6 is 11.8 Å². The molecule has 0 radical (unpaired) electrons. The van der Waals surface area contributed by atoms with Crippen molar-refractivity contribution in [3.63, 3.8) is 0 Å². The van der Waals surface area contributed by atoms with E-state index in [1.165, 1.54) is 23.9 Å². The third kappa shape index (κ3) is 4.23. The molecule has 0 spiro atoms. The highest BCUT2D eigenvalue weighted by Crippen LogP contribution is 2.32. The molecule has 4 aromatic rings. The Kier molecular flexibility index (Phi) is 5.33. The van der Waals surface area contributed by atoms with E-state index in [0.717, 1.165) is 29.2 Å². The minimum absolute atomic E-state index is 0.105. The minimum atomic E-state index is -4.43. The lowest BCUT2D eigenvalue weighted by Crippen LogP contribution is -2.04. The number of nitrogens with zero attached hydrogens (tertiary/aromatic N) is 5. The molecule has 0 amide bonds. The topological polar surface area (TPSA) is 69.6 Å². The Morgan fingerprint density at radius 3 is 2.53 bits per heavy atom. The molecule has 0 aliphatic carbocycles. The lowest BCUT2D eigenvalue weighted by atomic mass is 10.1. The van der Waals surface area contributed by atoms with Crippen LogP contribution in [0.1, 0.15) is 22.8 Å². The van der Waals surface area contributed by atoms with Crippen molar-refractivity contribution in [3.05, 3.63) is 71.4 Å². The summed E-state index contributed by atoms with van der Waals surface area (Å²) in [6.45, 7) is 3.87. The lowest BCUT2D eigenvalue weighted by molar-refractivity contribution is -0.137. The molecule has 2 aromatic carbocycles. The summed E-state index contributed by atoms with van der Waals surface area (Å²) in [6, 6.07) is 12.8. The first kappa shape index (κ1) is 20.1. The number of benzene rings is 2. The highest BCUT2D eigenvalue weighted by atomic mass is 32.2. The van der Waals surface area contributed by atoms with Crippen LogP contribution in [-0.4, -0.2) is 24.9 Å². The third-order valence-electron chi connectivity index (χ3n) is 4.33. The zero-order valence-electron chi connectivity index (χ0n) is 16.0. The summed E-state index contributed by atoms with van der Waals surface area (Å²) in [7, 11) is 0. The van der Waals surface area contributed by atoms with E-state index >= 15 is 0 Å². The molecule has 0 N–H and O–H groups in total. The number of aryl methyl sites for hydroxylation is 2. The van der Waals surface area contributed by atoms with Gasteiger partial charge in [0.1, 0.15) is 5.82 Å². The van der Waals surface area contributed by atoms with Gasteiger partial charge in [-0.05, 0) is 38.1 Å². The summed E-state index contributed by atoms with van der Waals surface area (Å²) in [5.74, 6) is 1.42. The quantitative estimate of drug-likeness (QED) is 0.402. The van der Waals surface area contributed by atoms with Crippen molar-refractivity contribution in [3.8, 4) is 17.1 Å². The summed E-state index contributed by atoms with van der Waals surface area (Å²) < 4.78 is 45.9. The molecule has 154 valence electrons. The largest absolute Gasteiger partial charge is 0.416 e. The standard InChI is InChI=1S/C20H16F3N5OS/c1-12-6-8-16(9-7-12)28-13(2)25-26-19(28)30-11-17-24-18(27-29-17)14-4-3-5-15(10-14)20(21,22)23/h3-10H,11H2,1-2H3. The molecule has 0 bridgehead atoms. The van der Waals surface area contributed by atoms with Gasteiger partial charge in [-0.3, -0.25) is 4.57 Å². The minimum Gasteiger partial charge on any atom is -0.338 e. The molecule has 0 atom stereocenters. The van der Waals surface area contributed by atoms with Crippen LogP contribution in [0.3, 0.4) is 0 Å². The summed E-state index contributed by atoms with van der Waals surface area (Å²) in [5.41, 5.74) is 1.55. The van der Waals surface area contributed by atoms with Crippen molar-refractivity contribution in [2.45, 2.75) is 30.9 Å². The van der Waals surface area contributed by atoms with Gasteiger partial charge < -0.3 is 4.52 Å². The second-order valence-corrected chi connectivity index (χ2v) is 7.52. The Bertz CT molecular complexity index is 1170. The highest BCUT2D eigenvalue weighted by molar-refractivity contribution is 7.98. The van der Waals surface area contributed by atoms with Gasteiger partial charge in [-0.2, -0.15) is 18.2 Å². The molecule has 2 heterocycles. The third-order valence-corrected chi connectivity index (χ3v) is 5.24. The van der Waals surface area contributed by atoms with Crippen molar-refractivity contribution in [2.75, 3.05) is 0 Å². The predicted molar refractivity (Wildman–Crippen MR) is 105 cm³/mol. The fraction of sp³-hybridized carbons (Fsp3) is 0.200. The fourth-order valence-corrected chi connectivity index (χ4v) is 3.65. The Morgan fingerprint density at radius 2 is 1.80 bits per heavy atom. The SMILES string of the molecule is Cc1ccc(-n2c(C)nnc2SCc2nc(-c3cccc(C(F)(F)F)c3)no2)cc1. The zero-order valence-corrected chi connectivity index (χ0v) is 16.8. The number of hydrogen-bond donors (Lipinski definition) is 0. The van der Waals surface area contributed by atoms with E-state index in [1.54, 1.807) is 0 Å². The van der Waals surface area contributed by atoms with Gasteiger partial charge in [-0.15, -0.1) is 10.2 Å². The van der Waals surface area contributed by atoms with Crippen LogP contribution in [0.2, 0.25) is 0 Å². The molecule has 0 aliphatic heterocycles. The Labute approximate surface area is 174 Å². The molecule has 0 aliphatic rings. The Morgan fingerprint density at radius 1 is 1.03 bits per heavy atom. The molecule has 4 rings (SSSR count). The molecule has 2 aromatic heterocycles. The lowest BCUT2D eigenvalue weighted by Gasteiger charge is -2.07. The van der Waals surface area contributed by atoms with Crippen LogP contribution in [-0.2, 0) is 11.9 Å². The average Bonchev–Trinajstić information content (AvgIpc) is 3.33. The normalized spacial score (nSPS) is 11.8. The average molecular weight is 431 g/mol. The van der Waals surface area contributed by atoms with E-state index in [-0.39, 0.29) is 17.3 Å². The molecule has 0 unspecified atom stereocenters. The first-order valence-corrected chi connectivity index (χ1v) is 9.92. The van der Waals surface area contributed by atoms with Gasteiger partial charge in [0.2, 0.25) is 11.7 Å². The van der Waals surface area contributed by atoms with E-state index in [4.69, 9.17) is 4.52 Å². The van der Waals surface area contributed by atoms with Crippen LogP contribution in [0.15, 0.2) is 58.2 Å². The predicted octanol–water partition coefficient (Wildman–Crippen LogP) is 5.25. The van der Waals surface area contributed by atoms with E-state index in [2.05, 4.69) is 20.3 Å².